The number of carbonyl (C=O) groups excluding carboxylic acids is 2. The van der Waals surface area contributed by atoms with E-state index in [1.54, 1.807) is 26.4 Å². The molecule has 0 saturated heterocycles. The van der Waals surface area contributed by atoms with Gasteiger partial charge in [-0.1, -0.05) is 18.2 Å². The predicted molar refractivity (Wildman–Crippen MR) is 249 cm³/mol. The molecule has 0 saturated carbocycles. The summed E-state index contributed by atoms with van der Waals surface area (Å²) in [4.78, 5) is 39.7. The highest BCUT2D eigenvalue weighted by Crippen LogP contribution is 2.51. The third-order valence-corrected chi connectivity index (χ3v) is 13.5. The Balaban J connectivity index is 1.80. The molecule has 2 aliphatic heterocycles. The molecular formula is C46H65N4O13S2+. The lowest BCUT2D eigenvalue weighted by molar-refractivity contribution is -0.438. The number of nitrogens with one attached hydrogen (secondary N) is 2. The van der Waals surface area contributed by atoms with Gasteiger partial charge in [0.2, 0.25) is 5.69 Å². The standard InChI is InChI=1S/C46H64N4O13S2/c1-45(21-12-30-64(55,56)57)36-32-34(43(53)47-23-27-61-3)17-19-38(36)49(25-11-7-10-16-42(51)52)40(45)14-8-6-9-15-41-46(2,22-13-31-65(58,59)60)37-33-35(44(54)48-24-28-62-4)18-20-39(37)50(41)26-29-63-5/h6,8-9,14-15,17-20,32-33H,7,10-13,16,21-31H2,1-5H3,(H4-,47,48,51,52,53,54,55,56,57,58,59,60)/p+1. The van der Waals surface area contributed by atoms with Crippen LogP contribution in [0.1, 0.15) is 97.1 Å². The average Bonchev–Trinajstić information content (AvgIpc) is 3.60. The largest absolute Gasteiger partial charge is 0.481 e. The first-order valence-corrected chi connectivity index (χ1v) is 24.9. The number of hydrogen-bond acceptors (Lipinski definition) is 11. The van der Waals surface area contributed by atoms with E-state index in [0.717, 1.165) is 33.9 Å². The Bertz CT molecular complexity index is 2360. The quantitative estimate of drug-likeness (QED) is 0.0319. The second-order valence-corrected chi connectivity index (χ2v) is 19.7. The fourth-order valence-corrected chi connectivity index (χ4v) is 9.63. The summed E-state index contributed by atoms with van der Waals surface area (Å²) in [5, 5.41) is 14.9. The van der Waals surface area contributed by atoms with Crippen LogP contribution in [-0.4, -0.2) is 138 Å². The number of amides is 2. The highest BCUT2D eigenvalue weighted by molar-refractivity contribution is 7.86. The van der Waals surface area contributed by atoms with Crippen molar-refractivity contribution in [1.82, 2.24) is 10.6 Å². The number of carbonyl (C=O) groups is 3. The van der Waals surface area contributed by atoms with Gasteiger partial charge in [-0.3, -0.25) is 23.5 Å². The molecule has 0 spiro atoms. The van der Waals surface area contributed by atoms with Crippen molar-refractivity contribution < 1.29 is 64.2 Å². The Morgan fingerprint density at radius 2 is 1.29 bits per heavy atom. The first-order valence-electron chi connectivity index (χ1n) is 21.7. The number of hydrogen-bond donors (Lipinski definition) is 5. The van der Waals surface area contributed by atoms with Crippen LogP contribution in [0.15, 0.2) is 72.5 Å². The smallest absolute Gasteiger partial charge is 0.303 e. The number of carboxylic acids is 1. The number of ether oxygens (including phenoxy) is 3. The van der Waals surface area contributed by atoms with E-state index in [4.69, 9.17) is 14.2 Å². The van der Waals surface area contributed by atoms with Crippen molar-refractivity contribution in [1.29, 1.82) is 0 Å². The number of allylic oxidation sites excluding steroid dienone is 6. The highest BCUT2D eigenvalue weighted by atomic mass is 32.2. The van der Waals surface area contributed by atoms with Crippen molar-refractivity contribution in [2.45, 2.75) is 76.0 Å². The molecule has 19 heteroatoms. The van der Waals surface area contributed by atoms with Gasteiger partial charge in [0.05, 0.1) is 36.7 Å². The summed E-state index contributed by atoms with van der Waals surface area (Å²) in [5.41, 5.74) is 4.09. The summed E-state index contributed by atoms with van der Waals surface area (Å²) in [6.45, 7) is 6.55. The van der Waals surface area contributed by atoms with Gasteiger partial charge < -0.3 is 34.9 Å². The monoisotopic (exact) mass is 945 g/mol. The zero-order valence-electron chi connectivity index (χ0n) is 38.0. The molecule has 0 bridgehead atoms. The lowest BCUT2D eigenvalue weighted by Crippen LogP contribution is -2.32. The molecule has 4 rings (SSSR count). The van der Waals surface area contributed by atoms with Crippen molar-refractivity contribution in [2.75, 3.05) is 83.7 Å². The highest BCUT2D eigenvalue weighted by Gasteiger charge is 2.48. The number of unbranched alkanes of at least 4 members (excludes halogenated alkanes) is 2. The Labute approximate surface area is 383 Å². The Hall–Kier alpha value is -4.76. The zero-order valence-corrected chi connectivity index (χ0v) is 39.6. The van der Waals surface area contributed by atoms with Crippen molar-refractivity contribution in [3.63, 3.8) is 0 Å². The van der Waals surface area contributed by atoms with Crippen LogP contribution in [0.4, 0.5) is 11.4 Å². The molecule has 0 fully saturated rings. The Morgan fingerprint density at radius 1 is 0.723 bits per heavy atom. The zero-order chi connectivity index (χ0) is 47.8. The molecule has 2 amide bonds. The van der Waals surface area contributed by atoms with Gasteiger partial charge in [0.1, 0.15) is 6.54 Å². The summed E-state index contributed by atoms with van der Waals surface area (Å²) < 4.78 is 84.6. The number of methoxy groups -OCH3 is 3. The number of aliphatic carboxylic acids is 1. The van der Waals surface area contributed by atoms with Gasteiger partial charge in [-0.05, 0) is 94.3 Å². The molecular weight excluding hydrogens is 881 g/mol. The normalized spacial score (nSPS) is 19.1. The number of anilines is 1. The van der Waals surface area contributed by atoms with Gasteiger partial charge in [-0.25, -0.2) is 0 Å². The van der Waals surface area contributed by atoms with E-state index in [1.807, 2.05) is 68.5 Å². The van der Waals surface area contributed by atoms with E-state index in [2.05, 4.69) is 20.1 Å². The first kappa shape index (κ1) is 52.9. The van der Waals surface area contributed by atoms with E-state index in [-0.39, 0.29) is 31.1 Å². The number of nitrogens with zero attached hydrogens (tertiary/aromatic N) is 2. The minimum atomic E-state index is -4.27. The van der Waals surface area contributed by atoms with Crippen LogP contribution in [0.2, 0.25) is 0 Å². The molecule has 2 unspecified atom stereocenters. The van der Waals surface area contributed by atoms with Crippen LogP contribution in [0.3, 0.4) is 0 Å². The fourth-order valence-electron chi connectivity index (χ4n) is 8.61. The molecule has 0 aliphatic carbocycles. The second kappa shape index (κ2) is 24.1. The van der Waals surface area contributed by atoms with Gasteiger partial charge in [0, 0.05) is 99.4 Å². The van der Waals surface area contributed by atoms with Crippen LogP contribution >= 0.6 is 0 Å². The molecule has 2 atom stereocenters. The average molecular weight is 946 g/mol. The third kappa shape index (κ3) is 14.6. The van der Waals surface area contributed by atoms with Crippen LogP contribution in [-0.2, 0) is 50.1 Å². The lowest BCUT2D eigenvalue weighted by atomic mass is 9.75. The second-order valence-electron chi connectivity index (χ2n) is 16.6. The van der Waals surface area contributed by atoms with E-state index in [1.165, 1.54) is 7.11 Å². The molecule has 2 heterocycles. The molecule has 2 aromatic rings. The minimum absolute atomic E-state index is 0.0428. The lowest BCUT2D eigenvalue weighted by Gasteiger charge is -2.30. The van der Waals surface area contributed by atoms with Gasteiger partial charge in [0.15, 0.2) is 5.71 Å². The SMILES string of the molecule is COCCNC(=O)c1ccc2c(c1)C(C)(CCCS(=O)(=O)O)C(=CC=CC=CC1=[N+](CCCCCC(=O)O)c3ccc(C(=O)NCCOC)cc3C1(C)CCCS(=O)(=O)O)N2CCOC. The molecule has 17 nitrogen and oxygen atoms in total. The van der Waals surface area contributed by atoms with Crippen LogP contribution in [0.5, 0.6) is 0 Å². The fraction of sp³-hybridized carbons (Fsp3) is 0.522. The number of rotatable bonds is 28. The summed E-state index contributed by atoms with van der Waals surface area (Å²) in [7, 11) is -3.85. The third-order valence-electron chi connectivity index (χ3n) is 11.9. The number of fused-ring (bicyclic) bond motifs is 2. The Morgan fingerprint density at radius 3 is 1.86 bits per heavy atom. The summed E-state index contributed by atoms with van der Waals surface area (Å²) in [6, 6.07) is 10.8. The topological polar surface area (TPSA) is 238 Å². The number of carboxylic acid groups (broad SMARTS) is 1. The molecule has 0 radical (unpaired) electrons. The molecule has 2 aliphatic rings. The van der Waals surface area contributed by atoms with E-state index >= 15 is 0 Å². The number of benzene rings is 2. The minimum Gasteiger partial charge on any atom is -0.481 e. The maximum atomic E-state index is 13.2. The molecule has 2 aromatic carbocycles. The molecule has 5 N–H and O–H groups in total. The first-order chi connectivity index (χ1) is 30.8. The van der Waals surface area contributed by atoms with Gasteiger partial charge in [-0.15, -0.1) is 0 Å². The van der Waals surface area contributed by atoms with Crippen molar-refractivity contribution >= 4 is 55.1 Å². The van der Waals surface area contributed by atoms with Crippen molar-refractivity contribution in [2.24, 2.45) is 0 Å². The van der Waals surface area contributed by atoms with Crippen LogP contribution in [0.25, 0.3) is 0 Å². The van der Waals surface area contributed by atoms with E-state index in [9.17, 15) is 45.4 Å². The molecule has 65 heavy (non-hydrogen) atoms. The van der Waals surface area contributed by atoms with Gasteiger partial charge in [-0.2, -0.15) is 21.4 Å². The van der Waals surface area contributed by atoms with Gasteiger partial charge >= 0.3 is 5.97 Å². The van der Waals surface area contributed by atoms with Crippen molar-refractivity contribution in [3.8, 4) is 0 Å². The van der Waals surface area contributed by atoms with Crippen molar-refractivity contribution in [3.05, 3.63) is 94.7 Å². The predicted octanol–water partition coefficient (Wildman–Crippen LogP) is 5.20. The van der Waals surface area contributed by atoms with Crippen LogP contribution in [0, 0.1) is 0 Å². The van der Waals surface area contributed by atoms with Gasteiger partial charge in [0.25, 0.3) is 32.1 Å². The maximum absolute atomic E-state index is 13.2. The summed E-state index contributed by atoms with van der Waals surface area (Å²) >= 11 is 0. The maximum Gasteiger partial charge on any atom is 0.303 e. The van der Waals surface area contributed by atoms with E-state index in [0.29, 0.717) is 89.2 Å². The molecule has 358 valence electrons. The van der Waals surface area contributed by atoms with E-state index < -0.39 is 48.5 Å². The Kier molecular flexibility index (Phi) is 19.6. The van der Waals surface area contributed by atoms with Crippen LogP contribution < -0.4 is 15.5 Å². The summed E-state index contributed by atoms with van der Waals surface area (Å²) in [5.74, 6) is -2.36. The summed E-state index contributed by atoms with van der Waals surface area (Å²) in [6.07, 6.45) is 12.1. The molecule has 0 aromatic heterocycles.